The third kappa shape index (κ3) is 6.66. The predicted molar refractivity (Wildman–Crippen MR) is 124 cm³/mol. The maximum absolute atomic E-state index is 12.7. The van der Waals surface area contributed by atoms with Gasteiger partial charge in [-0.15, -0.1) is 0 Å². The van der Waals surface area contributed by atoms with Gasteiger partial charge in [0.15, 0.2) is 0 Å². The molecule has 3 N–H and O–H groups in total. The highest BCUT2D eigenvalue weighted by Crippen LogP contribution is 2.37. The first-order valence-corrected chi connectivity index (χ1v) is 11.8. The van der Waals surface area contributed by atoms with Gasteiger partial charge in [0.25, 0.3) is 0 Å². The molecule has 0 bridgehead atoms. The lowest BCUT2D eigenvalue weighted by Crippen LogP contribution is -2.47. The average Bonchev–Trinajstić information content (AvgIpc) is 2.72. The maximum atomic E-state index is 12.7. The minimum absolute atomic E-state index is 0.0751. The van der Waals surface area contributed by atoms with Gasteiger partial charge in [0, 0.05) is 24.7 Å². The Hall–Kier alpha value is -2.68. The maximum Gasteiger partial charge on any atom is 0.416 e. The smallest absolute Gasteiger partial charge is 0.416 e. The van der Waals surface area contributed by atoms with Gasteiger partial charge in [0.1, 0.15) is 17.5 Å². The number of nitrogens with zero attached hydrogens (tertiary/aromatic N) is 2. The Labute approximate surface area is 195 Å². The van der Waals surface area contributed by atoms with E-state index < -0.39 is 17.6 Å². The topological polar surface area (TPSA) is 124 Å². The number of hydrogen-bond acceptors (Lipinski definition) is 7. The van der Waals surface area contributed by atoms with Crippen molar-refractivity contribution in [3.05, 3.63) is 23.4 Å². The molecular formula is C24H36N4O5. The van der Waals surface area contributed by atoms with Crippen LogP contribution in [0.15, 0.2) is 12.1 Å². The van der Waals surface area contributed by atoms with Gasteiger partial charge < -0.3 is 20.5 Å². The van der Waals surface area contributed by atoms with Crippen LogP contribution in [-0.2, 0) is 31.9 Å². The molecular weight excluding hydrogens is 424 g/mol. The van der Waals surface area contributed by atoms with E-state index in [1.807, 2.05) is 32.9 Å². The van der Waals surface area contributed by atoms with Crippen LogP contribution in [0.25, 0.3) is 0 Å². The lowest BCUT2D eigenvalue weighted by molar-refractivity contribution is -0.144. The van der Waals surface area contributed by atoms with E-state index in [1.165, 1.54) is 0 Å². The molecule has 9 heteroatoms. The van der Waals surface area contributed by atoms with Gasteiger partial charge in [0.05, 0.1) is 6.61 Å². The van der Waals surface area contributed by atoms with Crippen molar-refractivity contribution in [2.75, 3.05) is 24.6 Å². The zero-order valence-corrected chi connectivity index (χ0v) is 20.1. The van der Waals surface area contributed by atoms with Crippen molar-refractivity contribution in [3.8, 4) is 0 Å². The normalized spacial score (nSPS) is 20.8. The minimum Gasteiger partial charge on any atom is -0.465 e. The molecule has 1 atom stereocenters. The van der Waals surface area contributed by atoms with Crippen LogP contribution in [0.4, 0.5) is 10.6 Å². The van der Waals surface area contributed by atoms with E-state index >= 15 is 0 Å². The summed E-state index contributed by atoms with van der Waals surface area (Å²) in [4.78, 5) is 43.0. The summed E-state index contributed by atoms with van der Waals surface area (Å²) in [7, 11) is 0. The predicted octanol–water partition coefficient (Wildman–Crippen LogP) is 2.34. The lowest BCUT2D eigenvalue weighted by Gasteiger charge is -2.35. The number of nitrogens with one attached hydrogen (secondary N) is 1. The molecule has 0 saturated heterocycles. The summed E-state index contributed by atoms with van der Waals surface area (Å²) in [5.74, 6) is 0.363. The minimum atomic E-state index is -0.850. The fourth-order valence-electron chi connectivity index (χ4n) is 4.19. The standard InChI is InChI=1S/C24H36N4O5/c1-5-32-22(30)19(25)14-26-21(29)17-11-15(12-17)13-18-9-8-16-7-6-10-28(20(16)27-18)23(31)33-24(2,3)4/h8-9,15,17,19H,5-7,10-14,25H2,1-4H3,(H,26,29)/t15-,17+,19?. The Kier molecular flexibility index (Phi) is 7.94. The molecule has 9 nitrogen and oxygen atoms in total. The van der Waals surface area contributed by atoms with Crippen LogP contribution in [-0.4, -0.2) is 54.3 Å². The van der Waals surface area contributed by atoms with Gasteiger partial charge >= 0.3 is 12.1 Å². The Balaban J connectivity index is 1.52. The SMILES string of the molecule is CCOC(=O)C(N)CNC(=O)[C@H]1C[C@@H](Cc2ccc3c(n2)N(C(=O)OC(C)(C)C)CCC3)C1. The number of aryl methyl sites for hydroxylation is 1. The number of fused-ring (bicyclic) bond motifs is 1. The molecule has 33 heavy (non-hydrogen) atoms. The van der Waals surface area contributed by atoms with E-state index in [-0.39, 0.29) is 31.1 Å². The highest BCUT2D eigenvalue weighted by Gasteiger charge is 2.35. The van der Waals surface area contributed by atoms with Crippen molar-refractivity contribution in [1.29, 1.82) is 0 Å². The van der Waals surface area contributed by atoms with E-state index in [1.54, 1.807) is 11.8 Å². The molecule has 0 radical (unpaired) electrons. The first-order chi connectivity index (χ1) is 15.6. The average molecular weight is 461 g/mol. The van der Waals surface area contributed by atoms with Crippen LogP contribution in [0.2, 0.25) is 0 Å². The van der Waals surface area contributed by atoms with E-state index in [0.29, 0.717) is 18.3 Å². The van der Waals surface area contributed by atoms with Gasteiger partial charge in [0.2, 0.25) is 5.91 Å². The molecule has 1 unspecified atom stereocenters. The second-order valence-corrected chi connectivity index (χ2v) is 9.86. The molecule has 1 aromatic heterocycles. The molecule has 0 aromatic carbocycles. The molecule has 1 aromatic rings. The molecule has 1 fully saturated rings. The number of esters is 1. The number of carbonyl (C=O) groups excluding carboxylic acids is 3. The number of ether oxygens (including phenoxy) is 2. The number of aromatic nitrogens is 1. The Bertz CT molecular complexity index is 876. The third-order valence-electron chi connectivity index (χ3n) is 5.90. The fourth-order valence-corrected chi connectivity index (χ4v) is 4.19. The number of pyridine rings is 1. The van der Waals surface area contributed by atoms with Gasteiger partial charge in [-0.3, -0.25) is 14.5 Å². The molecule has 0 spiro atoms. The Morgan fingerprint density at radius 1 is 1.27 bits per heavy atom. The number of nitrogens with two attached hydrogens (primary N) is 1. The molecule has 2 aliphatic rings. The van der Waals surface area contributed by atoms with Crippen molar-refractivity contribution < 1.29 is 23.9 Å². The van der Waals surface area contributed by atoms with E-state index in [0.717, 1.165) is 43.4 Å². The second-order valence-electron chi connectivity index (χ2n) is 9.86. The van der Waals surface area contributed by atoms with Gasteiger partial charge in [-0.1, -0.05) is 6.07 Å². The zero-order chi connectivity index (χ0) is 24.2. The summed E-state index contributed by atoms with van der Waals surface area (Å²) in [6.07, 6.45) is 3.68. The summed E-state index contributed by atoms with van der Waals surface area (Å²) < 4.78 is 10.4. The fraction of sp³-hybridized carbons (Fsp3) is 0.667. The van der Waals surface area contributed by atoms with Crippen LogP contribution in [0.1, 0.15) is 58.2 Å². The molecule has 1 saturated carbocycles. The molecule has 3 rings (SSSR count). The summed E-state index contributed by atoms with van der Waals surface area (Å²) in [6.45, 7) is 8.21. The van der Waals surface area contributed by atoms with E-state index in [4.69, 9.17) is 20.2 Å². The second kappa shape index (κ2) is 10.5. The zero-order valence-electron chi connectivity index (χ0n) is 20.1. The quantitative estimate of drug-likeness (QED) is 0.599. The number of carbonyl (C=O) groups is 3. The summed E-state index contributed by atoms with van der Waals surface area (Å²) in [5.41, 5.74) is 7.14. The largest absolute Gasteiger partial charge is 0.465 e. The van der Waals surface area contributed by atoms with Gasteiger partial charge in [-0.2, -0.15) is 0 Å². The van der Waals surface area contributed by atoms with Gasteiger partial charge in [-0.25, -0.2) is 9.78 Å². The molecule has 1 aliphatic heterocycles. The van der Waals surface area contributed by atoms with E-state index in [2.05, 4.69) is 5.32 Å². The molecule has 2 amide bonds. The molecule has 182 valence electrons. The van der Waals surface area contributed by atoms with Crippen molar-refractivity contribution in [3.63, 3.8) is 0 Å². The lowest BCUT2D eigenvalue weighted by atomic mass is 9.72. The number of rotatable bonds is 7. The van der Waals surface area contributed by atoms with Crippen LogP contribution in [0, 0.1) is 11.8 Å². The summed E-state index contributed by atoms with van der Waals surface area (Å²) >= 11 is 0. The van der Waals surface area contributed by atoms with Gasteiger partial charge in [-0.05, 0) is 77.3 Å². The van der Waals surface area contributed by atoms with Crippen LogP contribution < -0.4 is 16.0 Å². The van der Waals surface area contributed by atoms with Crippen LogP contribution in [0.3, 0.4) is 0 Å². The van der Waals surface area contributed by atoms with Crippen molar-refractivity contribution >= 4 is 23.8 Å². The molecule has 1 aliphatic carbocycles. The highest BCUT2D eigenvalue weighted by atomic mass is 16.6. The summed E-state index contributed by atoms with van der Waals surface area (Å²) in [6, 6.07) is 3.22. The van der Waals surface area contributed by atoms with Crippen LogP contribution >= 0.6 is 0 Å². The van der Waals surface area contributed by atoms with Crippen LogP contribution in [0.5, 0.6) is 0 Å². The first kappa shape index (κ1) is 25.0. The number of amides is 2. The Morgan fingerprint density at radius 3 is 2.67 bits per heavy atom. The first-order valence-electron chi connectivity index (χ1n) is 11.8. The number of anilines is 1. The van der Waals surface area contributed by atoms with E-state index in [9.17, 15) is 14.4 Å². The monoisotopic (exact) mass is 460 g/mol. The summed E-state index contributed by atoms with van der Waals surface area (Å²) in [5, 5.41) is 2.75. The molecule has 2 heterocycles. The van der Waals surface area contributed by atoms with Crippen molar-refractivity contribution in [2.45, 2.75) is 71.4 Å². The highest BCUT2D eigenvalue weighted by molar-refractivity contribution is 5.88. The number of hydrogen-bond donors (Lipinski definition) is 2. The van der Waals surface area contributed by atoms with Crippen molar-refractivity contribution in [2.24, 2.45) is 17.6 Å². The third-order valence-corrected chi connectivity index (χ3v) is 5.90. The Morgan fingerprint density at radius 2 is 2.00 bits per heavy atom. The van der Waals surface area contributed by atoms with Crippen molar-refractivity contribution in [1.82, 2.24) is 10.3 Å².